The summed E-state index contributed by atoms with van der Waals surface area (Å²) in [6.07, 6.45) is 3.91. The highest BCUT2D eigenvalue weighted by atomic mass is 16.2. The minimum absolute atomic E-state index is 0.0691. The lowest BCUT2D eigenvalue weighted by molar-refractivity contribution is -0.132. The van der Waals surface area contributed by atoms with Gasteiger partial charge in [0.05, 0.1) is 0 Å². The van der Waals surface area contributed by atoms with E-state index >= 15 is 0 Å². The molecule has 0 saturated heterocycles. The van der Waals surface area contributed by atoms with Crippen LogP contribution in [0.1, 0.15) is 67.2 Å². The Hall–Kier alpha value is -1.06. The van der Waals surface area contributed by atoms with Crippen molar-refractivity contribution in [3.8, 4) is 0 Å². The molecule has 1 aliphatic rings. The van der Waals surface area contributed by atoms with Crippen LogP contribution >= 0.6 is 0 Å². The molecule has 1 fully saturated rings. The molecule has 21 heavy (non-hydrogen) atoms. The molecule has 0 aromatic carbocycles. The molecule has 0 aromatic rings. The molecule has 2 amide bonds. The number of amides is 2. The van der Waals surface area contributed by atoms with Gasteiger partial charge in [-0.1, -0.05) is 41.5 Å². The summed E-state index contributed by atoms with van der Waals surface area (Å²) in [6, 6.07) is 0.0694. The van der Waals surface area contributed by atoms with Gasteiger partial charge < -0.3 is 10.6 Å². The number of hydrogen-bond donors (Lipinski definition) is 2. The highest BCUT2D eigenvalue weighted by Gasteiger charge is 2.36. The molecular formula is C17H32N2O2. The van der Waals surface area contributed by atoms with Crippen LogP contribution < -0.4 is 10.6 Å². The molecule has 122 valence electrons. The monoisotopic (exact) mass is 296 g/mol. The number of hydrogen-bond acceptors (Lipinski definition) is 2. The van der Waals surface area contributed by atoms with Crippen molar-refractivity contribution in [2.45, 2.75) is 73.3 Å². The van der Waals surface area contributed by atoms with E-state index in [0.717, 1.165) is 25.7 Å². The highest BCUT2D eigenvalue weighted by molar-refractivity contribution is 5.83. The van der Waals surface area contributed by atoms with Gasteiger partial charge >= 0.3 is 0 Å². The largest absolute Gasteiger partial charge is 0.354 e. The zero-order valence-electron chi connectivity index (χ0n) is 14.5. The first-order valence-electron chi connectivity index (χ1n) is 8.23. The Kier molecular flexibility index (Phi) is 5.83. The summed E-state index contributed by atoms with van der Waals surface area (Å²) in [6.45, 7) is 12.4. The predicted molar refractivity (Wildman–Crippen MR) is 85.8 cm³/mol. The molecule has 2 N–H and O–H groups in total. The molecule has 0 bridgehead atoms. The van der Waals surface area contributed by atoms with Crippen LogP contribution in [0, 0.1) is 16.7 Å². The molecule has 1 saturated carbocycles. The second-order valence-electron chi connectivity index (χ2n) is 7.60. The average molecular weight is 296 g/mol. The van der Waals surface area contributed by atoms with Gasteiger partial charge in [-0.3, -0.25) is 9.59 Å². The van der Waals surface area contributed by atoms with Crippen molar-refractivity contribution in [3.05, 3.63) is 0 Å². The van der Waals surface area contributed by atoms with Gasteiger partial charge in [-0.05, 0) is 31.6 Å². The van der Waals surface area contributed by atoms with E-state index in [0.29, 0.717) is 12.5 Å². The van der Waals surface area contributed by atoms with Gasteiger partial charge in [-0.15, -0.1) is 0 Å². The zero-order valence-corrected chi connectivity index (χ0v) is 14.5. The Morgan fingerprint density at radius 3 is 1.90 bits per heavy atom. The summed E-state index contributed by atoms with van der Waals surface area (Å²) in [5.41, 5.74) is -0.694. The van der Waals surface area contributed by atoms with Crippen LogP contribution in [0.2, 0.25) is 0 Å². The third kappa shape index (κ3) is 5.01. The maximum Gasteiger partial charge on any atom is 0.225 e. The van der Waals surface area contributed by atoms with Gasteiger partial charge in [-0.2, -0.15) is 0 Å². The van der Waals surface area contributed by atoms with E-state index in [9.17, 15) is 9.59 Å². The molecule has 0 radical (unpaired) electrons. The van der Waals surface area contributed by atoms with E-state index in [1.165, 1.54) is 0 Å². The van der Waals surface area contributed by atoms with E-state index in [1.54, 1.807) is 0 Å². The lowest BCUT2D eigenvalue weighted by Gasteiger charge is -2.28. The second kappa shape index (κ2) is 6.80. The molecular weight excluding hydrogens is 264 g/mol. The highest BCUT2D eigenvalue weighted by Crippen LogP contribution is 2.33. The number of carbonyl (C=O) groups is 2. The SMILES string of the molecule is CCC(C)(C)C(=O)NCC(NC(=O)C(C)(C)CC)C1CC1. The molecule has 0 heterocycles. The Labute approximate surface area is 129 Å². The number of rotatable bonds is 8. The second-order valence-corrected chi connectivity index (χ2v) is 7.60. The molecule has 1 atom stereocenters. The van der Waals surface area contributed by atoms with Crippen molar-refractivity contribution >= 4 is 11.8 Å². The summed E-state index contributed by atoms with van der Waals surface area (Å²) in [4.78, 5) is 24.5. The lowest BCUT2D eigenvalue weighted by atomic mass is 9.88. The van der Waals surface area contributed by atoms with E-state index in [1.807, 2.05) is 41.5 Å². The topological polar surface area (TPSA) is 58.2 Å². The fourth-order valence-corrected chi connectivity index (χ4v) is 1.96. The fraction of sp³-hybridized carbons (Fsp3) is 0.882. The van der Waals surface area contributed by atoms with Crippen molar-refractivity contribution in [1.29, 1.82) is 0 Å². The molecule has 4 heteroatoms. The summed E-state index contributed by atoms with van der Waals surface area (Å²) < 4.78 is 0. The normalized spacial score (nSPS) is 17.2. The third-order valence-electron chi connectivity index (χ3n) is 4.99. The minimum atomic E-state index is -0.347. The molecule has 1 aliphatic carbocycles. The van der Waals surface area contributed by atoms with Crippen LogP contribution in [-0.4, -0.2) is 24.4 Å². The Balaban J connectivity index is 2.56. The van der Waals surface area contributed by atoms with Gasteiger partial charge in [-0.25, -0.2) is 0 Å². The molecule has 0 aliphatic heterocycles. The van der Waals surface area contributed by atoms with Crippen LogP contribution in [-0.2, 0) is 9.59 Å². The summed E-state index contributed by atoms with van der Waals surface area (Å²) in [7, 11) is 0. The quantitative estimate of drug-likeness (QED) is 0.723. The van der Waals surface area contributed by atoms with Gasteiger partial charge in [0.2, 0.25) is 11.8 Å². The summed E-state index contributed by atoms with van der Waals surface area (Å²) in [5.74, 6) is 0.678. The van der Waals surface area contributed by atoms with Crippen LogP contribution in [0.5, 0.6) is 0 Å². The standard InChI is InChI=1S/C17H32N2O2/c1-7-16(3,4)14(20)18-11-13(12-9-10-12)19-15(21)17(5,6)8-2/h12-13H,7-11H2,1-6H3,(H,18,20)(H,19,21). The average Bonchev–Trinajstić information content (AvgIpc) is 3.26. The van der Waals surface area contributed by atoms with Gasteiger partial charge in [0, 0.05) is 23.4 Å². The van der Waals surface area contributed by atoms with Crippen LogP contribution in [0.15, 0.2) is 0 Å². The Morgan fingerprint density at radius 1 is 1.00 bits per heavy atom. The van der Waals surface area contributed by atoms with Gasteiger partial charge in [0.1, 0.15) is 0 Å². The third-order valence-corrected chi connectivity index (χ3v) is 4.99. The van der Waals surface area contributed by atoms with Crippen LogP contribution in [0.4, 0.5) is 0 Å². The first-order valence-corrected chi connectivity index (χ1v) is 8.23. The Morgan fingerprint density at radius 2 is 1.48 bits per heavy atom. The van der Waals surface area contributed by atoms with Crippen molar-refractivity contribution in [1.82, 2.24) is 10.6 Å². The maximum absolute atomic E-state index is 12.3. The molecule has 4 nitrogen and oxygen atoms in total. The minimum Gasteiger partial charge on any atom is -0.354 e. The first kappa shape index (κ1) is 18.0. The fourth-order valence-electron chi connectivity index (χ4n) is 1.96. The molecule has 0 aromatic heterocycles. The van der Waals surface area contributed by atoms with E-state index in [-0.39, 0.29) is 28.7 Å². The smallest absolute Gasteiger partial charge is 0.225 e. The number of nitrogens with one attached hydrogen (secondary N) is 2. The van der Waals surface area contributed by atoms with E-state index in [2.05, 4.69) is 10.6 Å². The Bertz CT molecular complexity index is 384. The number of carbonyl (C=O) groups excluding carboxylic acids is 2. The van der Waals surface area contributed by atoms with Crippen LogP contribution in [0.25, 0.3) is 0 Å². The first-order chi connectivity index (χ1) is 9.64. The molecule has 0 spiro atoms. The van der Waals surface area contributed by atoms with Gasteiger partial charge in [0.15, 0.2) is 0 Å². The van der Waals surface area contributed by atoms with Crippen molar-refractivity contribution in [2.24, 2.45) is 16.7 Å². The summed E-state index contributed by atoms with van der Waals surface area (Å²) in [5, 5.41) is 6.16. The van der Waals surface area contributed by atoms with Crippen molar-refractivity contribution in [3.63, 3.8) is 0 Å². The van der Waals surface area contributed by atoms with E-state index < -0.39 is 0 Å². The van der Waals surface area contributed by atoms with Gasteiger partial charge in [0.25, 0.3) is 0 Å². The predicted octanol–water partition coefficient (Wildman–Crippen LogP) is 2.87. The van der Waals surface area contributed by atoms with E-state index in [4.69, 9.17) is 0 Å². The van der Waals surface area contributed by atoms with Crippen molar-refractivity contribution < 1.29 is 9.59 Å². The molecule has 1 unspecified atom stereocenters. The zero-order chi connectivity index (χ0) is 16.3. The van der Waals surface area contributed by atoms with Crippen LogP contribution in [0.3, 0.4) is 0 Å². The molecule has 1 rings (SSSR count). The lowest BCUT2D eigenvalue weighted by Crippen LogP contribution is -2.50. The van der Waals surface area contributed by atoms with Crippen molar-refractivity contribution in [2.75, 3.05) is 6.54 Å². The summed E-state index contributed by atoms with van der Waals surface area (Å²) >= 11 is 0. The maximum atomic E-state index is 12.3.